The van der Waals surface area contributed by atoms with Crippen molar-refractivity contribution in [2.75, 3.05) is 22.9 Å². The number of carbonyl (C=O) groups is 1. The van der Waals surface area contributed by atoms with E-state index in [4.69, 9.17) is 4.52 Å². The van der Waals surface area contributed by atoms with Crippen molar-refractivity contribution < 1.29 is 27.4 Å². The number of amides is 1. The van der Waals surface area contributed by atoms with Crippen molar-refractivity contribution in [3.8, 4) is 0 Å². The van der Waals surface area contributed by atoms with Crippen molar-refractivity contribution in [1.82, 2.24) is 4.90 Å². The summed E-state index contributed by atoms with van der Waals surface area (Å²) < 4.78 is 49.6. The van der Waals surface area contributed by atoms with Crippen molar-refractivity contribution in [3.63, 3.8) is 0 Å². The molecule has 2 aromatic rings. The first kappa shape index (κ1) is 26.9. The van der Waals surface area contributed by atoms with Crippen LogP contribution in [0.5, 0.6) is 0 Å². The fourth-order valence-electron chi connectivity index (χ4n) is 4.57. The number of hydrogen-bond acceptors (Lipinski definition) is 7. The molecular weight excluding hydrogens is 515 g/mol. The Balaban J connectivity index is 1.79. The molecule has 0 saturated heterocycles. The Labute approximate surface area is 217 Å². The zero-order chi connectivity index (χ0) is 27.2. The van der Waals surface area contributed by atoms with Gasteiger partial charge in [-0.1, -0.05) is 51.1 Å². The van der Waals surface area contributed by atoms with E-state index in [0.29, 0.717) is 5.69 Å². The Morgan fingerprint density at radius 2 is 1.86 bits per heavy atom. The maximum atomic E-state index is 13.9. The first-order valence-corrected chi connectivity index (χ1v) is 15.2. The van der Waals surface area contributed by atoms with Crippen LogP contribution in [0.15, 0.2) is 64.6 Å². The average Bonchev–Trinajstić information content (AvgIpc) is 3.03. The predicted molar refractivity (Wildman–Crippen MR) is 145 cm³/mol. The molecule has 2 unspecified atom stereocenters. The number of carbonyl (C=O) groups excluding carboxylic acids is 1. The largest absolute Gasteiger partial charge is 0.509 e. The third kappa shape index (κ3) is 5.44. The third-order valence-electron chi connectivity index (χ3n) is 5.95. The van der Waals surface area contributed by atoms with Crippen molar-refractivity contribution in [2.45, 2.75) is 40.3 Å². The molecule has 2 atom stereocenters. The molecule has 2 heterocycles. The Bertz CT molecular complexity index is 1450. The van der Waals surface area contributed by atoms with Gasteiger partial charge in [-0.3, -0.25) is 14.1 Å². The highest BCUT2D eigenvalue weighted by Crippen LogP contribution is 2.53. The van der Waals surface area contributed by atoms with Crippen LogP contribution < -0.4 is 15.3 Å². The molecule has 37 heavy (non-hydrogen) atoms. The van der Waals surface area contributed by atoms with Gasteiger partial charge in [0.25, 0.3) is 5.91 Å². The minimum absolute atomic E-state index is 0.0552. The number of anilines is 2. The van der Waals surface area contributed by atoms with Gasteiger partial charge < -0.3 is 19.8 Å². The van der Waals surface area contributed by atoms with Gasteiger partial charge in [0.05, 0.1) is 29.9 Å². The molecule has 0 aromatic heterocycles. The fourth-order valence-corrected chi connectivity index (χ4v) is 6.93. The van der Waals surface area contributed by atoms with Gasteiger partial charge in [-0.15, -0.1) is 0 Å². The number of hydrogen-bond donors (Lipinski definition) is 3. The Morgan fingerprint density at radius 3 is 2.46 bits per heavy atom. The molecule has 0 radical (unpaired) electrons. The highest BCUT2D eigenvalue weighted by molar-refractivity contribution is 7.92. The molecule has 10 nitrogen and oxygen atoms in total. The molecule has 0 aliphatic carbocycles. The van der Waals surface area contributed by atoms with E-state index in [-0.39, 0.29) is 41.3 Å². The van der Waals surface area contributed by atoms with E-state index in [2.05, 4.69) is 14.8 Å². The summed E-state index contributed by atoms with van der Waals surface area (Å²) in [5, 5.41) is 14.5. The van der Waals surface area contributed by atoms with Gasteiger partial charge >= 0.3 is 7.52 Å². The molecule has 2 aliphatic heterocycles. The number of aliphatic hydroxyl groups excluding tert-OH is 1. The summed E-state index contributed by atoms with van der Waals surface area (Å²) >= 11 is 0. The molecule has 0 bridgehead atoms. The van der Waals surface area contributed by atoms with Crippen molar-refractivity contribution in [2.24, 2.45) is 10.2 Å². The lowest BCUT2D eigenvalue weighted by molar-refractivity contribution is -0.129. The number of rotatable bonds is 7. The molecule has 0 fully saturated rings. The van der Waals surface area contributed by atoms with E-state index in [0.717, 1.165) is 11.8 Å². The second-order valence-corrected chi connectivity index (χ2v) is 13.8. The van der Waals surface area contributed by atoms with Crippen LogP contribution in [0.2, 0.25) is 0 Å². The number of benzene rings is 2. The van der Waals surface area contributed by atoms with Gasteiger partial charge in [0.2, 0.25) is 10.0 Å². The van der Waals surface area contributed by atoms with Gasteiger partial charge in [0.15, 0.2) is 5.84 Å². The molecule has 0 saturated carbocycles. The molecular formula is C25H31N4O6PS. The highest BCUT2D eigenvalue weighted by Gasteiger charge is 2.48. The standard InChI is InChI=1S/C25H31N4O6PS/c1-6-35-36(32)19-14-17(28-37(5,33)34)12-13-18(19)26-23(27-36)20-21(30)22(25(2,3)4)29(24(20)31)15-16-10-8-7-9-11-16/h7-14,22,28,30H,6,15H2,1-5H3,(H,26,27,32). The molecule has 3 N–H and O–H groups in total. The quantitative estimate of drug-likeness (QED) is 0.446. The van der Waals surface area contributed by atoms with Crippen LogP contribution >= 0.6 is 7.52 Å². The smallest absolute Gasteiger partial charge is 0.348 e. The summed E-state index contributed by atoms with van der Waals surface area (Å²) in [6.45, 7) is 7.76. The number of nitrogens with one attached hydrogen (secondary N) is 2. The second-order valence-electron chi connectivity index (χ2n) is 10.1. The minimum atomic E-state index is -3.93. The Morgan fingerprint density at radius 1 is 1.19 bits per heavy atom. The Kier molecular flexibility index (Phi) is 7.00. The van der Waals surface area contributed by atoms with Gasteiger partial charge in [-0.05, 0) is 36.1 Å². The normalized spacial score (nSPS) is 22.0. The van der Waals surface area contributed by atoms with E-state index < -0.39 is 34.9 Å². The average molecular weight is 547 g/mol. The fraction of sp³-hybridized carbons (Fsp3) is 0.360. The summed E-state index contributed by atoms with van der Waals surface area (Å²) in [4.78, 5) is 15.3. The lowest BCUT2D eigenvalue weighted by atomic mass is 9.85. The molecule has 2 aromatic carbocycles. The lowest BCUT2D eigenvalue weighted by Crippen LogP contribution is -2.43. The molecule has 12 heteroatoms. The zero-order valence-corrected chi connectivity index (χ0v) is 23.1. The number of aliphatic hydroxyl groups is 1. The second kappa shape index (κ2) is 9.63. The van der Waals surface area contributed by atoms with Crippen LogP contribution in [0.1, 0.15) is 33.3 Å². The van der Waals surface area contributed by atoms with E-state index >= 15 is 0 Å². The number of fused-ring (bicyclic) bond motifs is 1. The van der Waals surface area contributed by atoms with E-state index in [1.807, 2.05) is 51.1 Å². The van der Waals surface area contributed by atoms with Gasteiger partial charge in [0, 0.05) is 12.2 Å². The van der Waals surface area contributed by atoms with E-state index in [1.54, 1.807) is 11.8 Å². The number of sulfonamides is 1. The lowest BCUT2D eigenvalue weighted by Gasteiger charge is -2.35. The third-order valence-corrected chi connectivity index (χ3v) is 8.61. The van der Waals surface area contributed by atoms with Crippen LogP contribution in [0.25, 0.3) is 0 Å². The van der Waals surface area contributed by atoms with Crippen LogP contribution in [-0.2, 0) is 30.5 Å². The van der Waals surface area contributed by atoms with Gasteiger partial charge in [-0.25, -0.2) is 8.42 Å². The van der Waals surface area contributed by atoms with E-state index in [1.165, 1.54) is 18.2 Å². The summed E-state index contributed by atoms with van der Waals surface area (Å²) in [5.74, 6) is -0.670. The van der Waals surface area contributed by atoms with Crippen LogP contribution in [0, 0.1) is 5.41 Å². The molecule has 2 aliphatic rings. The molecule has 4 rings (SSSR count). The van der Waals surface area contributed by atoms with Crippen LogP contribution in [0.3, 0.4) is 0 Å². The van der Waals surface area contributed by atoms with Crippen molar-refractivity contribution in [3.05, 3.63) is 65.4 Å². The summed E-state index contributed by atoms with van der Waals surface area (Å²) in [5.41, 5.74) is 0.845. The topological polar surface area (TPSA) is 137 Å². The van der Waals surface area contributed by atoms with Gasteiger partial charge in [-0.2, -0.15) is 4.76 Å². The number of nitrogens with zero attached hydrogens (tertiary/aromatic N) is 2. The zero-order valence-electron chi connectivity index (χ0n) is 21.3. The number of amidine groups is 1. The Hall–Kier alpha value is -3.14. The van der Waals surface area contributed by atoms with Crippen molar-refractivity contribution in [1.29, 1.82) is 0 Å². The maximum Gasteiger partial charge on any atom is 0.348 e. The first-order chi connectivity index (χ1) is 17.2. The molecule has 1 amide bonds. The SMILES string of the molecule is CCOP1(=O)N=C(C2=C(O)C(C(C)(C)C)N(Cc3ccccc3)C2=O)Nc2ccc(NS(C)(=O)=O)cc21. The highest BCUT2D eigenvalue weighted by atomic mass is 32.2. The molecule has 198 valence electrons. The maximum absolute atomic E-state index is 13.9. The minimum Gasteiger partial charge on any atom is -0.509 e. The van der Waals surface area contributed by atoms with Gasteiger partial charge in [0.1, 0.15) is 11.3 Å². The van der Waals surface area contributed by atoms with Crippen LogP contribution in [-0.4, -0.2) is 49.1 Å². The summed E-state index contributed by atoms with van der Waals surface area (Å²) in [6.07, 6.45) is 1.01. The predicted octanol–water partition coefficient (Wildman–Crippen LogP) is 4.01. The monoisotopic (exact) mass is 546 g/mol. The first-order valence-electron chi connectivity index (χ1n) is 11.8. The summed E-state index contributed by atoms with van der Waals surface area (Å²) in [7, 11) is -7.50. The molecule has 0 spiro atoms. The summed E-state index contributed by atoms with van der Waals surface area (Å²) in [6, 6.07) is 13.2. The van der Waals surface area contributed by atoms with Crippen molar-refractivity contribution >= 4 is 46.0 Å². The van der Waals surface area contributed by atoms with Crippen LogP contribution in [0.4, 0.5) is 11.4 Å². The van der Waals surface area contributed by atoms with E-state index in [9.17, 15) is 22.9 Å².